The summed E-state index contributed by atoms with van der Waals surface area (Å²) >= 11 is 3.36. The number of halogens is 3. The van der Waals surface area contributed by atoms with E-state index in [1.54, 1.807) is 10.9 Å². The van der Waals surface area contributed by atoms with Crippen molar-refractivity contribution < 1.29 is 35.0 Å². The number of aromatic hydroxyl groups is 1. The SMILES string of the molecule is CC1=C(C)C(CNc2nc(CC(C)C)c(O)c(-c3ccc4c(cnn4Cc4ccc(F)c(F)c4)c3)c2C(=N)Br)C1.[NH2-].[W]. The molecule has 4 aromatic rings. The fourth-order valence-electron chi connectivity index (χ4n) is 5.30. The molecule has 0 aliphatic heterocycles. The van der Waals surface area contributed by atoms with Crippen LogP contribution < -0.4 is 5.32 Å². The second-order valence-corrected chi connectivity index (χ2v) is 11.8. The molecular formula is C31H34BrF2N6OW-. The summed E-state index contributed by atoms with van der Waals surface area (Å²) in [5.74, 6) is -0.468. The minimum absolute atomic E-state index is 0. The van der Waals surface area contributed by atoms with Gasteiger partial charge in [-0.1, -0.05) is 37.1 Å². The minimum Gasteiger partial charge on any atom is -0.693 e. The second-order valence-electron chi connectivity index (χ2n) is 11.0. The van der Waals surface area contributed by atoms with Crippen LogP contribution in [0, 0.1) is 28.9 Å². The van der Waals surface area contributed by atoms with Crippen LogP contribution in [0.25, 0.3) is 28.2 Å². The first-order valence-electron chi connectivity index (χ1n) is 13.3. The zero-order valence-corrected chi connectivity index (χ0v) is 28.5. The molecule has 1 unspecified atom stereocenters. The van der Waals surface area contributed by atoms with E-state index in [1.807, 2.05) is 18.2 Å². The first-order chi connectivity index (χ1) is 19.0. The summed E-state index contributed by atoms with van der Waals surface area (Å²) < 4.78 is 29.0. The third-order valence-electron chi connectivity index (χ3n) is 7.67. The van der Waals surface area contributed by atoms with E-state index in [9.17, 15) is 13.9 Å². The molecule has 2 aromatic carbocycles. The van der Waals surface area contributed by atoms with Gasteiger partial charge in [-0.25, -0.2) is 13.8 Å². The molecule has 222 valence electrons. The number of allylic oxidation sites excluding steroid dienone is 1. The van der Waals surface area contributed by atoms with Crippen LogP contribution in [0.15, 0.2) is 53.7 Å². The van der Waals surface area contributed by atoms with E-state index in [0.717, 1.165) is 29.0 Å². The Kier molecular flexibility index (Phi) is 10.8. The fraction of sp³-hybridized carbons (Fsp3) is 0.323. The Labute approximate surface area is 267 Å². The van der Waals surface area contributed by atoms with Crippen LogP contribution in [0.3, 0.4) is 0 Å². The fourth-order valence-corrected chi connectivity index (χ4v) is 5.69. The van der Waals surface area contributed by atoms with Crippen molar-refractivity contribution in [1.82, 2.24) is 14.8 Å². The van der Waals surface area contributed by atoms with Crippen molar-refractivity contribution in [3.63, 3.8) is 0 Å². The van der Waals surface area contributed by atoms with Crippen LogP contribution >= 0.6 is 15.9 Å². The topological polar surface area (TPSA) is 120 Å². The van der Waals surface area contributed by atoms with Gasteiger partial charge in [-0.2, -0.15) is 5.10 Å². The third-order valence-corrected chi connectivity index (χ3v) is 8.06. The average molecular weight is 808 g/mol. The summed E-state index contributed by atoms with van der Waals surface area (Å²) in [6, 6.07) is 9.51. The molecule has 11 heteroatoms. The minimum atomic E-state index is -0.894. The van der Waals surface area contributed by atoms with E-state index < -0.39 is 11.6 Å². The first kappa shape index (κ1) is 33.6. The van der Waals surface area contributed by atoms with Crippen LogP contribution in [0.4, 0.5) is 14.6 Å². The van der Waals surface area contributed by atoms with Gasteiger partial charge in [0.2, 0.25) is 0 Å². The largest absolute Gasteiger partial charge is 0.693 e. The number of anilines is 1. The maximum absolute atomic E-state index is 13.7. The molecule has 2 heterocycles. The van der Waals surface area contributed by atoms with Crippen molar-refractivity contribution in [2.24, 2.45) is 11.8 Å². The van der Waals surface area contributed by atoms with Crippen LogP contribution in [0.5, 0.6) is 5.75 Å². The predicted molar refractivity (Wildman–Crippen MR) is 165 cm³/mol. The second kappa shape index (κ2) is 13.6. The molecule has 0 radical (unpaired) electrons. The molecule has 0 amide bonds. The number of aromatic nitrogens is 3. The Morgan fingerprint density at radius 3 is 2.52 bits per heavy atom. The molecule has 0 spiro atoms. The molecular weight excluding hydrogens is 774 g/mol. The molecule has 0 saturated carbocycles. The van der Waals surface area contributed by atoms with Crippen molar-refractivity contribution in [1.29, 1.82) is 5.41 Å². The first-order valence-corrected chi connectivity index (χ1v) is 14.1. The number of hydrogen-bond donors (Lipinski definition) is 3. The zero-order chi connectivity index (χ0) is 28.7. The molecule has 1 aliphatic carbocycles. The van der Waals surface area contributed by atoms with E-state index in [2.05, 4.69) is 54.0 Å². The van der Waals surface area contributed by atoms with Gasteiger partial charge >= 0.3 is 0 Å². The number of rotatable bonds is 9. The molecule has 0 fully saturated rings. The van der Waals surface area contributed by atoms with Gasteiger partial charge in [0, 0.05) is 44.5 Å². The molecule has 42 heavy (non-hydrogen) atoms. The standard InChI is InChI=1S/C31H32BrF2N5O.H2N.W/c1-16(2)9-25-29(40)27(28(30(32)35)31(38-25)36-13-21-10-17(3)18(21)4)20-6-8-26-22(12-20)14-37-39(26)15-19-5-7-23(33)24(34)11-19;;/h5-8,11-12,14,16,21,35,40H,9-10,13,15H2,1-4H3,(H,36,38);1H2;/q;-1;. The van der Waals surface area contributed by atoms with Crippen molar-refractivity contribution in [2.75, 3.05) is 11.9 Å². The number of nitrogens with zero attached hydrogens (tertiary/aromatic N) is 3. The average Bonchev–Trinajstić information content (AvgIpc) is 3.30. The Morgan fingerprint density at radius 1 is 1.17 bits per heavy atom. The quantitative estimate of drug-likeness (QED) is 0.116. The van der Waals surface area contributed by atoms with Crippen molar-refractivity contribution in [3.8, 4) is 16.9 Å². The van der Waals surface area contributed by atoms with Crippen molar-refractivity contribution in [2.45, 2.75) is 47.1 Å². The van der Waals surface area contributed by atoms with E-state index in [-0.39, 0.29) is 50.0 Å². The van der Waals surface area contributed by atoms with Gasteiger partial charge in [-0.3, -0.25) is 10.1 Å². The monoisotopic (exact) mass is 807 g/mol. The number of hydrogen-bond acceptors (Lipinski definition) is 5. The maximum atomic E-state index is 13.7. The van der Waals surface area contributed by atoms with Gasteiger partial charge in [0.1, 0.15) is 16.2 Å². The van der Waals surface area contributed by atoms with Crippen LogP contribution in [-0.4, -0.2) is 31.0 Å². The summed E-state index contributed by atoms with van der Waals surface area (Å²) in [6.45, 7) is 9.43. The number of pyridine rings is 1. The van der Waals surface area contributed by atoms with E-state index in [1.165, 1.54) is 23.3 Å². The van der Waals surface area contributed by atoms with Crippen LogP contribution in [0.2, 0.25) is 0 Å². The Hall–Kier alpha value is -2.94. The van der Waals surface area contributed by atoms with Gasteiger partial charge in [0.15, 0.2) is 11.6 Å². The smallest absolute Gasteiger partial charge is 0.159 e. The zero-order valence-electron chi connectivity index (χ0n) is 23.9. The number of fused-ring (bicyclic) bond motifs is 1. The summed E-state index contributed by atoms with van der Waals surface area (Å²) in [4.78, 5) is 4.80. The van der Waals surface area contributed by atoms with Crippen molar-refractivity contribution in [3.05, 3.63) is 88.3 Å². The molecule has 2 aromatic heterocycles. The molecule has 5 rings (SSSR count). The van der Waals surface area contributed by atoms with E-state index in [0.29, 0.717) is 47.1 Å². The summed E-state index contributed by atoms with van der Waals surface area (Å²) in [5.41, 5.74) is 6.53. The van der Waals surface area contributed by atoms with E-state index >= 15 is 0 Å². The van der Waals surface area contributed by atoms with Gasteiger partial charge in [0.05, 0.1) is 29.5 Å². The van der Waals surface area contributed by atoms with Crippen LogP contribution in [0.1, 0.15) is 50.9 Å². The number of nitrogens with two attached hydrogens (primary N) is 1. The van der Waals surface area contributed by atoms with E-state index in [4.69, 9.17) is 10.4 Å². The van der Waals surface area contributed by atoms with Crippen molar-refractivity contribution >= 4 is 37.3 Å². The van der Waals surface area contributed by atoms with Gasteiger partial charge < -0.3 is 16.6 Å². The van der Waals surface area contributed by atoms with Gasteiger partial charge in [0.25, 0.3) is 0 Å². The number of benzene rings is 2. The third kappa shape index (κ3) is 6.66. The Bertz CT molecular complexity index is 1670. The Morgan fingerprint density at radius 2 is 1.90 bits per heavy atom. The normalized spacial score (nSPS) is 14.4. The molecule has 1 aliphatic rings. The summed E-state index contributed by atoms with van der Waals surface area (Å²) in [7, 11) is 0. The predicted octanol–water partition coefficient (Wildman–Crippen LogP) is 8.53. The Balaban J connectivity index is 0.00000242. The van der Waals surface area contributed by atoms with Crippen LogP contribution in [-0.2, 0) is 34.0 Å². The number of nitrogens with one attached hydrogen (secondary N) is 2. The molecule has 0 bridgehead atoms. The summed E-state index contributed by atoms with van der Waals surface area (Å²) in [5, 5.41) is 28.8. The molecule has 1 atom stereocenters. The van der Waals surface area contributed by atoms with Gasteiger partial charge in [-0.15, -0.1) is 0 Å². The molecule has 0 saturated heterocycles. The maximum Gasteiger partial charge on any atom is 0.159 e. The van der Waals surface area contributed by atoms with Gasteiger partial charge in [-0.05, 0) is 83.9 Å². The summed E-state index contributed by atoms with van der Waals surface area (Å²) in [6.07, 6.45) is 3.33. The molecule has 5 N–H and O–H groups in total. The molecule has 7 nitrogen and oxygen atoms in total.